The van der Waals surface area contributed by atoms with Gasteiger partial charge < -0.3 is 14.5 Å². The molecule has 1 saturated heterocycles. The van der Waals surface area contributed by atoms with E-state index in [1.165, 1.54) is 18.4 Å². The van der Waals surface area contributed by atoms with Crippen LogP contribution in [0.4, 0.5) is 5.69 Å². The van der Waals surface area contributed by atoms with Crippen LogP contribution in [0.2, 0.25) is 0 Å². The second-order valence-electron chi connectivity index (χ2n) is 9.10. The van der Waals surface area contributed by atoms with Crippen LogP contribution in [0.1, 0.15) is 56.2 Å². The number of carbonyl (C=O) groups excluding carboxylic acids is 3. The minimum atomic E-state index is -0.438. The average Bonchev–Trinajstić information content (AvgIpc) is 3.42. The third-order valence-corrected chi connectivity index (χ3v) is 6.28. The predicted molar refractivity (Wildman–Crippen MR) is 129 cm³/mol. The minimum absolute atomic E-state index is 0.0486. The number of ether oxygens (including phenoxy) is 1. The van der Waals surface area contributed by atoms with Crippen LogP contribution in [0.3, 0.4) is 0 Å². The van der Waals surface area contributed by atoms with E-state index < -0.39 is 11.8 Å². The molecule has 1 N–H and O–H groups in total. The molecule has 0 radical (unpaired) electrons. The molecule has 8 nitrogen and oxygen atoms in total. The molecular formula is C27H27N3O5. The summed E-state index contributed by atoms with van der Waals surface area (Å²) in [5.74, 6) is -0.661. The molecule has 8 heteroatoms. The van der Waals surface area contributed by atoms with E-state index in [1.54, 1.807) is 18.2 Å². The number of amides is 3. The largest absolute Gasteiger partial charge is 0.467 e. The van der Waals surface area contributed by atoms with Crippen molar-refractivity contribution in [2.75, 3.05) is 18.4 Å². The predicted octanol–water partition coefficient (Wildman–Crippen LogP) is 3.94. The average molecular weight is 474 g/mol. The van der Waals surface area contributed by atoms with Gasteiger partial charge >= 0.3 is 0 Å². The monoisotopic (exact) mass is 473 g/mol. The molecule has 1 aromatic heterocycles. The fraction of sp³-hybridized carbons (Fsp3) is 0.296. The Morgan fingerprint density at radius 3 is 2.43 bits per heavy atom. The first-order chi connectivity index (χ1) is 16.9. The van der Waals surface area contributed by atoms with Gasteiger partial charge in [-0.1, -0.05) is 18.2 Å². The summed E-state index contributed by atoms with van der Waals surface area (Å²) in [6, 6.07) is 15.7. The van der Waals surface area contributed by atoms with Crippen molar-refractivity contribution in [1.29, 1.82) is 0 Å². The summed E-state index contributed by atoms with van der Waals surface area (Å²) in [6.45, 7) is 6.50. The molecule has 0 aliphatic carbocycles. The maximum absolute atomic E-state index is 13.1. The molecular weight excluding hydrogens is 446 g/mol. The van der Waals surface area contributed by atoms with Gasteiger partial charge in [0, 0.05) is 30.9 Å². The molecule has 2 aromatic carbocycles. The highest BCUT2D eigenvalue weighted by Crippen LogP contribution is 2.27. The Morgan fingerprint density at radius 1 is 0.943 bits per heavy atom. The Balaban J connectivity index is 1.32. The van der Waals surface area contributed by atoms with Gasteiger partial charge in [-0.05, 0) is 55.8 Å². The van der Waals surface area contributed by atoms with E-state index in [-0.39, 0.29) is 35.8 Å². The number of nitrogens with one attached hydrogen (secondary N) is 1. The molecule has 35 heavy (non-hydrogen) atoms. The Hall–Kier alpha value is -3.75. The van der Waals surface area contributed by atoms with E-state index >= 15 is 0 Å². The molecule has 0 spiro atoms. The van der Waals surface area contributed by atoms with E-state index in [1.807, 2.05) is 24.3 Å². The lowest BCUT2D eigenvalue weighted by Gasteiger charge is -2.35. The van der Waals surface area contributed by atoms with Gasteiger partial charge in [-0.15, -0.1) is 0 Å². The molecule has 180 valence electrons. The Morgan fingerprint density at radius 2 is 1.69 bits per heavy atom. The minimum Gasteiger partial charge on any atom is -0.467 e. The number of imide groups is 1. The van der Waals surface area contributed by atoms with Crippen LogP contribution in [0, 0.1) is 0 Å². The summed E-state index contributed by atoms with van der Waals surface area (Å²) < 4.78 is 11.1. The van der Waals surface area contributed by atoms with E-state index in [0.29, 0.717) is 23.6 Å². The lowest BCUT2D eigenvalue weighted by atomic mass is 10.0. The number of morpholine rings is 1. The number of hydrogen-bond donors (Lipinski definition) is 1. The summed E-state index contributed by atoms with van der Waals surface area (Å²) in [6.07, 6.45) is 1.80. The van der Waals surface area contributed by atoms with Gasteiger partial charge in [0.1, 0.15) is 5.76 Å². The number of rotatable bonds is 6. The van der Waals surface area contributed by atoms with Crippen LogP contribution in [-0.4, -0.2) is 52.8 Å². The topological polar surface area (TPSA) is 92.1 Å². The molecule has 2 aliphatic rings. The Labute approximate surface area is 203 Å². The number of anilines is 1. The number of carbonyl (C=O) groups is 3. The van der Waals surface area contributed by atoms with Crippen molar-refractivity contribution in [2.45, 2.75) is 39.1 Å². The van der Waals surface area contributed by atoms with Gasteiger partial charge in [0.05, 0.1) is 36.1 Å². The number of benzene rings is 2. The van der Waals surface area contributed by atoms with Gasteiger partial charge in [-0.2, -0.15) is 0 Å². The first-order valence-corrected chi connectivity index (χ1v) is 11.7. The van der Waals surface area contributed by atoms with Crippen LogP contribution in [0.25, 0.3) is 0 Å². The van der Waals surface area contributed by atoms with Gasteiger partial charge in [0.25, 0.3) is 17.7 Å². The van der Waals surface area contributed by atoms with Crippen molar-refractivity contribution in [3.63, 3.8) is 0 Å². The summed E-state index contributed by atoms with van der Waals surface area (Å²) in [4.78, 5) is 42.2. The highest BCUT2D eigenvalue weighted by Gasteiger charge is 2.36. The molecule has 0 bridgehead atoms. The number of fused-ring (bicyclic) bond motifs is 1. The normalized spacial score (nSPS) is 20.2. The van der Waals surface area contributed by atoms with Gasteiger partial charge in [-0.25, -0.2) is 0 Å². The zero-order valence-corrected chi connectivity index (χ0v) is 19.7. The third kappa shape index (κ3) is 4.76. The zero-order chi connectivity index (χ0) is 24.5. The molecule has 0 saturated carbocycles. The van der Waals surface area contributed by atoms with Gasteiger partial charge in [0.15, 0.2) is 0 Å². The number of furan rings is 1. The first kappa shape index (κ1) is 23.0. The van der Waals surface area contributed by atoms with Crippen LogP contribution in [-0.2, 0) is 17.8 Å². The number of nitrogens with zero attached hydrogens (tertiary/aromatic N) is 2. The standard InChI is InChI=1S/C27H27N3O5/c1-17-13-29(14-18(2)35-17)15-20-6-3-4-8-24(20)28-25(31)19-9-10-22-23(12-19)27(33)30(26(22)32)16-21-7-5-11-34-21/h3-12,17-18H,13-16H2,1-2H3,(H,28,31). The van der Waals surface area contributed by atoms with Crippen molar-refractivity contribution in [3.05, 3.63) is 88.9 Å². The molecule has 2 unspecified atom stereocenters. The molecule has 2 aliphatic heterocycles. The first-order valence-electron chi connectivity index (χ1n) is 11.7. The smallest absolute Gasteiger partial charge is 0.261 e. The summed E-state index contributed by atoms with van der Waals surface area (Å²) in [5.41, 5.74) is 2.53. The summed E-state index contributed by atoms with van der Waals surface area (Å²) in [5, 5.41) is 2.98. The molecule has 2 atom stereocenters. The third-order valence-electron chi connectivity index (χ3n) is 6.28. The lowest BCUT2D eigenvalue weighted by Crippen LogP contribution is -2.44. The van der Waals surface area contributed by atoms with Crippen molar-refractivity contribution in [3.8, 4) is 0 Å². The highest BCUT2D eigenvalue weighted by atomic mass is 16.5. The van der Waals surface area contributed by atoms with Gasteiger partial charge in [0.2, 0.25) is 0 Å². The molecule has 3 aromatic rings. The molecule has 5 rings (SSSR count). The van der Waals surface area contributed by atoms with Crippen molar-refractivity contribution >= 4 is 23.4 Å². The van der Waals surface area contributed by atoms with Crippen molar-refractivity contribution in [2.24, 2.45) is 0 Å². The second kappa shape index (κ2) is 9.48. The SMILES string of the molecule is CC1CN(Cc2ccccc2NC(=O)c2ccc3c(c2)C(=O)N(Cc2ccco2)C3=O)CC(C)O1. The van der Waals surface area contributed by atoms with Crippen molar-refractivity contribution in [1.82, 2.24) is 9.80 Å². The van der Waals surface area contributed by atoms with Crippen molar-refractivity contribution < 1.29 is 23.5 Å². The van der Waals surface area contributed by atoms with Crippen LogP contribution in [0.15, 0.2) is 65.3 Å². The Kier molecular flexibility index (Phi) is 6.23. The van der Waals surface area contributed by atoms with Crippen LogP contribution >= 0.6 is 0 Å². The van der Waals surface area contributed by atoms with E-state index in [9.17, 15) is 14.4 Å². The van der Waals surface area contributed by atoms with Crippen LogP contribution < -0.4 is 5.32 Å². The maximum Gasteiger partial charge on any atom is 0.261 e. The second-order valence-corrected chi connectivity index (χ2v) is 9.10. The quantitative estimate of drug-likeness (QED) is 0.546. The fourth-order valence-corrected chi connectivity index (χ4v) is 4.76. The zero-order valence-electron chi connectivity index (χ0n) is 19.7. The van der Waals surface area contributed by atoms with Crippen LogP contribution in [0.5, 0.6) is 0 Å². The summed E-state index contributed by atoms with van der Waals surface area (Å²) >= 11 is 0. The fourth-order valence-electron chi connectivity index (χ4n) is 4.76. The number of para-hydroxylation sites is 1. The summed E-state index contributed by atoms with van der Waals surface area (Å²) in [7, 11) is 0. The van der Waals surface area contributed by atoms with E-state index in [0.717, 1.165) is 23.6 Å². The highest BCUT2D eigenvalue weighted by molar-refractivity contribution is 6.22. The Bertz CT molecular complexity index is 1260. The maximum atomic E-state index is 13.1. The van der Waals surface area contributed by atoms with E-state index in [4.69, 9.17) is 9.15 Å². The van der Waals surface area contributed by atoms with Gasteiger partial charge in [-0.3, -0.25) is 24.2 Å². The van der Waals surface area contributed by atoms with E-state index in [2.05, 4.69) is 24.1 Å². The number of hydrogen-bond acceptors (Lipinski definition) is 6. The molecule has 3 heterocycles. The molecule has 3 amide bonds. The lowest BCUT2D eigenvalue weighted by molar-refractivity contribution is -0.0704. The molecule has 1 fully saturated rings.